The highest BCUT2D eigenvalue weighted by Crippen LogP contribution is 2.27. The van der Waals surface area contributed by atoms with E-state index in [1.54, 1.807) is 4.90 Å². The lowest BCUT2D eigenvalue weighted by Crippen LogP contribution is -2.47. The molecule has 1 amide bonds. The van der Waals surface area contributed by atoms with Gasteiger partial charge in [0.25, 0.3) is 5.91 Å². The molecular formula is C20H25F2N7O3. The van der Waals surface area contributed by atoms with E-state index in [4.69, 9.17) is 20.9 Å². The smallest absolute Gasteiger partial charge is 0.252 e. The summed E-state index contributed by atoms with van der Waals surface area (Å²) in [6, 6.07) is 1.61. The highest BCUT2D eigenvalue weighted by atomic mass is 19.1. The number of ether oxygens (including phenoxy) is 2. The quantitative estimate of drug-likeness (QED) is 0.507. The van der Waals surface area contributed by atoms with Gasteiger partial charge in [-0.15, -0.1) is 0 Å². The van der Waals surface area contributed by atoms with Crippen LogP contribution in [-0.2, 0) is 9.47 Å². The number of hydrogen-bond acceptors (Lipinski definition) is 9. The van der Waals surface area contributed by atoms with E-state index in [9.17, 15) is 13.6 Å². The zero-order chi connectivity index (χ0) is 22.7. The Hall–Kier alpha value is -3.09. The van der Waals surface area contributed by atoms with Crippen LogP contribution in [0.5, 0.6) is 0 Å². The molecule has 0 aromatic carbocycles. The van der Waals surface area contributed by atoms with Crippen LogP contribution in [0.1, 0.15) is 16.8 Å². The number of carbonyl (C=O) groups excluding carboxylic acids is 1. The van der Waals surface area contributed by atoms with E-state index in [1.807, 2.05) is 0 Å². The second-order valence-electron chi connectivity index (χ2n) is 7.61. The van der Waals surface area contributed by atoms with Gasteiger partial charge in [0.15, 0.2) is 23.3 Å². The maximum absolute atomic E-state index is 14.7. The second kappa shape index (κ2) is 9.59. The Balaban J connectivity index is 1.59. The molecule has 2 aromatic heterocycles. The van der Waals surface area contributed by atoms with Crippen molar-refractivity contribution in [1.29, 1.82) is 0 Å². The number of anilines is 4. The van der Waals surface area contributed by atoms with Crippen LogP contribution in [0.25, 0.3) is 0 Å². The number of nitrogens with two attached hydrogens (primary N) is 2. The molecule has 0 aliphatic carbocycles. The Kier molecular flexibility index (Phi) is 6.63. The first kappa shape index (κ1) is 22.1. The highest BCUT2D eigenvalue weighted by Gasteiger charge is 2.25. The number of aromatic nitrogens is 2. The van der Waals surface area contributed by atoms with Crippen LogP contribution in [0.15, 0.2) is 18.3 Å². The first-order chi connectivity index (χ1) is 15.4. The summed E-state index contributed by atoms with van der Waals surface area (Å²) in [6.07, 6.45) is 1.98. The molecule has 0 spiro atoms. The molecule has 0 unspecified atom stereocenters. The van der Waals surface area contributed by atoms with Crippen LogP contribution in [0.2, 0.25) is 0 Å². The van der Waals surface area contributed by atoms with Crippen LogP contribution in [-0.4, -0.2) is 67.5 Å². The number of rotatable bonds is 6. The van der Waals surface area contributed by atoms with Crippen LogP contribution in [0, 0.1) is 11.6 Å². The Morgan fingerprint density at radius 3 is 2.59 bits per heavy atom. The van der Waals surface area contributed by atoms with Crippen LogP contribution in [0.3, 0.4) is 0 Å². The number of morpholine rings is 1. The maximum atomic E-state index is 14.7. The number of primary amides is 1. The van der Waals surface area contributed by atoms with Gasteiger partial charge in [0.05, 0.1) is 37.3 Å². The first-order valence-electron chi connectivity index (χ1n) is 10.3. The van der Waals surface area contributed by atoms with E-state index in [0.717, 1.165) is 6.07 Å². The summed E-state index contributed by atoms with van der Waals surface area (Å²) >= 11 is 0. The van der Waals surface area contributed by atoms with Crippen molar-refractivity contribution in [1.82, 2.24) is 9.97 Å². The first-order valence-corrected chi connectivity index (χ1v) is 10.3. The minimum absolute atomic E-state index is 0.0256. The third-order valence-corrected chi connectivity index (χ3v) is 5.36. The average Bonchev–Trinajstić information content (AvgIpc) is 2.78. The molecule has 4 heterocycles. The Labute approximate surface area is 183 Å². The summed E-state index contributed by atoms with van der Waals surface area (Å²) < 4.78 is 39.9. The Morgan fingerprint density at radius 1 is 1.12 bits per heavy atom. The summed E-state index contributed by atoms with van der Waals surface area (Å²) in [4.78, 5) is 22.0. The standard InChI is InChI=1S/C20H25F2N7O3/c21-13-8-12(17(24)30)18(28-19(13)27-16-1-4-32-10-15(16)23)26-11-7-14(22)20(25-9-11)29-2-5-31-6-3-29/h7-9,15-16H,1-6,10,23H2,(H2,24,30)(H2,26,27,28)/t15-,16+/m0/s1. The van der Waals surface area contributed by atoms with E-state index in [2.05, 4.69) is 20.6 Å². The molecule has 10 nitrogen and oxygen atoms in total. The van der Waals surface area contributed by atoms with Gasteiger partial charge in [-0.2, -0.15) is 0 Å². The van der Waals surface area contributed by atoms with E-state index in [0.29, 0.717) is 45.9 Å². The van der Waals surface area contributed by atoms with Crippen LogP contribution in [0.4, 0.5) is 31.9 Å². The van der Waals surface area contributed by atoms with Crippen molar-refractivity contribution >= 4 is 29.0 Å². The van der Waals surface area contributed by atoms with E-state index in [-0.39, 0.29) is 40.8 Å². The van der Waals surface area contributed by atoms with Gasteiger partial charge in [0, 0.05) is 37.8 Å². The number of pyridine rings is 2. The predicted octanol–water partition coefficient (Wildman–Crippen LogP) is 0.962. The third kappa shape index (κ3) is 4.87. The fourth-order valence-electron chi connectivity index (χ4n) is 3.63. The third-order valence-electron chi connectivity index (χ3n) is 5.36. The van der Waals surface area contributed by atoms with Crippen LogP contribution < -0.4 is 27.0 Å². The van der Waals surface area contributed by atoms with Gasteiger partial charge in [-0.1, -0.05) is 0 Å². The molecule has 2 aliphatic heterocycles. The Morgan fingerprint density at radius 2 is 1.91 bits per heavy atom. The molecule has 2 aromatic rings. The molecule has 4 rings (SSSR count). The van der Waals surface area contributed by atoms with Gasteiger partial charge in [-0.05, 0) is 12.5 Å². The number of amides is 1. The predicted molar refractivity (Wildman–Crippen MR) is 114 cm³/mol. The van der Waals surface area contributed by atoms with Crippen molar-refractivity contribution in [3.8, 4) is 0 Å². The lowest BCUT2D eigenvalue weighted by atomic mass is 10.0. The summed E-state index contributed by atoms with van der Waals surface area (Å²) in [6.45, 7) is 2.88. The largest absolute Gasteiger partial charge is 0.380 e. The van der Waals surface area contributed by atoms with Crippen molar-refractivity contribution in [3.63, 3.8) is 0 Å². The van der Waals surface area contributed by atoms with E-state index in [1.165, 1.54) is 12.3 Å². The molecule has 172 valence electrons. The number of hydrogen-bond donors (Lipinski definition) is 4. The highest BCUT2D eigenvalue weighted by molar-refractivity contribution is 5.98. The van der Waals surface area contributed by atoms with Crippen molar-refractivity contribution in [2.75, 3.05) is 55.1 Å². The summed E-state index contributed by atoms with van der Waals surface area (Å²) in [5, 5.41) is 5.78. The summed E-state index contributed by atoms with van der Waals surface area (Å²) in [5.41, 5.74) is 11.5. The fourth-order valence-corrected chi connectivity index (χ4v) is 3.63. The normalized spacial score (nSPS) is 21.3. The molecule has 2 saturated heterocycles. The molecule has 2 atom stereocenters. The SMILES string of the molecule is NC(=O)c1cc(F)c(N[C@@H]2CCOC[C@@H]2N)nc1Nc1cnc(N2CCOCC2)c(F)c1. The lowest BCUT2D eigenvalue weighted by molar-refractivity contribution is 0.0751. The molecule has 0 saturated carbocycles. The van der Waals surface area contributed by atoms with E-state index >= 15 is 0 Å². The van der Waals surface area contributed by atoms with Gasteiger partial charge in [-0.25, -0.2) is 18.7 Å². The van der Waals surface area contributed by atoms with Crippen LogP contribution >= 0.6 is 0 Å². The molecule has 0 bridgehead atoms. The van der Waals surface area contributed by atoms with Gasteiger partial charge < -0.3 is 36.5 Å². The zero-order valence-electron chi connectivity index (χ0n) is 17.3. The monoisotopic (exact) mass is 449 g/mol. The molecule has 2 fully saturated rings. The summed E-state index contributed by atoms with van der Waals surface area (Å²) in [7, 11) is 0. The van der Waals surface area contributed by atoms with E-state index < -0.39 is 17.5 Å². The number of nitrogens with zero attached hydrogens (tertiary/aromatic N) is 3. The number of halogens is 2. The molecule has 12 heteroatoms. The average molecular weight is 449 g/mol. The summed E-state index contributed by atoms with van der Waals surface area (Å²) in [5.74, 6) is -2.11. The molecule has 0 radical (unpaired) electrons. The van der Waals surface area contributed by atoms with Crippen molar-refractivity contribution in [3.05, 3.63) is 35.5 Å². The minimum Gasteiger partial charge on any atom is -0.380 e. The maximum Gasteiger partial charge on any atom is 0.252 e. The molecule has 32 heavy (non-hydrogen) atoms. The topological polar surface area (TPSA) is 141 Å². The lowest BCUT2D eigenvalue weighted by Gasteiger charge is -2.30. The zero-order valence-corrected chi connectivity index (χ0v) is 17.3. The van der Waals surface area contributed by atoms with Crippen molar-refractivity contribution in [2.45, 2.75) is 18.5 Å². The molecular weight excluding hydrogens is 424 g/mol. The second-order valence-corrected chi connectivity index (χ2v) is 7.61. The van der Waals surface area contributed by atoms with Crippen molar-refractivity contribution < 1.29 is 23.0 Å². The van der Waals surface area contributed by atoms with Gasteiger partial charge >= 0.3 is 0 Å². The molecule has 6 N–H and O–H groups in total. The van der Waals surface area contributed by atoms with Gasteiger partial charge in [0.1, 0.15) is 5.82 Å². The van der Waals surface area contributed by atoms with Crippen molar-refractivity contribution in [2.24, 2.45) is 11.5 Å². The number of nitrogens with one attached hydrogen (secondary N) is 2. The van der Waals surface area contributed by atoms with Gasteiger partial charge in [0.2, 0.25) is 0 Å². The minimum atomic E-state index is -0.883. The molecule has 2 aliphatic rings. The Bertz CT molecular complexity index is 988. The fraction of sp³-hybridized carbons (Fsp3) is 0.450. The number of carbonyl (C=O) groups is 1. The van der Waals surface area contributed by atoms with Gasteiger partial charge in [-0.3, -0.25) is 4.79 Å².